The third kappa shape index (κ3) is 43.4. The van der Waals surface area contributed by atoms with E-state index in [0.29, 0.717) is 45.1 Å². The Labute approximate surface area is 440 Å². The van der Waals surface area contributed by atoms with E-state index in [4.69, 9.17) is 47.7 Å². The van der Waals surface area contributed by atoms with Gasteiger partial charge in [0.15, 0.2) is 0 Å². The molecule has 6 amide bonds. The smallest absolute Gasteiger partial charge is 0.335 e. The standard InChI is InChI=1S/C50H84N6O19/c1-2-3-18-51-45(59)36-71-32-29-68-25-20-53-47(61)38-73-34-31-70-27-22-55-48(62)39-74-35-30-69-26-21-54-46(60)37-72-33-28-67-24-19-52-43(57)17-16-42(50(65)66)56-44(58)11-9-7-5-4-6-8-10-23-75-41-14-12-40(13-15-41)49(63)64/h12-15,42H,2-11,16-39H2,1H3,(H,51,59)(H,52,57)(H,53,61)(H,54,60)(H,55,62)(H,56,58)(H,63,64)(H,65,66). The molecule has 8 N–H and O–H groups in total. The highest BCUT2D eigenvalue weighted by atomic mass is 16.5. The molecule has 0 saturated heterocycles. The number of carboxylic acids is 2. The number of nitrogens with one attached hydrogen (secondary N) is 6. The number of amides is 6. The first-order chi connectivity index (χ1) is 36.4. The highest BCUT2D eigenvalue weighted by Crippen LogP contribution is 2.14. The highest BCUT2D eigenvalue weighted by Gasteiger charge is 2.21. The first-order valence-electron chi connectivity index (χ1n) is 25.8. The molecule has 428 valence electrons. The normalized spacial score (nSPS) is 11.3. The number of aromatic carboxylic acids is 1. The van der Waals surface area contributed by atoms with Crippen LogP contribution in [0.25, 0.3) is 0 Å². The largest absolute Gasteiger partial charge is 0.494 e. The zero-order chi connectivity index (χ0) is 54.8. The first kappa shape index (κ1) is 67.5. The van der Waals surface area contributed by atoms with E-state index in [2.05, 4.69) is 31.9 Å². The molecule has 25 nitrogen and oxygen atoms in total. The molecule has 1 aromatic carbocycles. The van der Waals surface area contributed by atoms with Crippen molar-refractivity contribution >= 4 is 47.4 Å². The van der Waals surface area contributed by atoms with Gasteiger partial charge in [0.05, 0.1) is 91.5 Å². The molecule has 0 aromatic heterocycles. The lowest BCUT2D eigenvalue weighted by Gasteiger charge is -2.14. The minimum Gasteiger partial charge on any atom is -0.494 e. The van der Waals surface area contributed by atoms with Crippen molar-refractivity contribution in [2.75, 3.05) is 145 Å². The zero-order valence-corrected chi connectivity index (χ0v) is 43.8. The average Bonchev–Trinajstić information content (AvgIpc) is 3.38. The fourth-order valence-corrected chi connectivity index (χ4v) is 6.24. The summed E-state index contributed by atoms with van der Waals surface area (Å²) < 4.78 is 48.2. The Bertz CT molecular complexity index is 1710. The lowest BCUT2D eigenvalue weighted by molar-refractivity contribution is -0.142. The van der Waals surface area contributed by atoms with Crippen LogP contribution < -0.4 is 36.6 Å². The lowest BCUT2D eigenvalue weighted by atomic mass is 10.1. The van der Waals surface area contributed by atoms with Crippen LogP contribution in [0.3, 0.4) is 0 Å². The van der Waals surface area contributed by atoms with Gasteiger partial charge < -0.3 is 84.7 Å². The Balaban J connectivity index is 1.86. The molecule has 0 heterocycles. The molecule has 25 heteroatoms. The predicted molar refractivity (Wildman–Crippen MR) is 271 cm³/mol. The second-order valence-corrected chi connectivity index (χ2v) is 16.7. The Kier molecular flexibility index (Phi) is 43.3. The third-order valence-electron chi connectivity index (χ3n) is 10.3. The number of carboxylic acid groups (broad SMARTS) is 2. The summed E-state index contributed by atoms with van der Waals surface area (Å²) in [5, 5.41) is 34.4. The van der Waals surface area contributed by atoms with Gasteiger partial charge in [-0.1, -0.05) is 45.4 Å². The minimum atomic E-state index is -1.21. The molecular weight excluding hydrogens is 989 g/mol. The van der Waals surface area contributed by atoms with E-state index in [1.54, 1.807) is 12.1 Å². The van der Waals surface area contributed by atoms with Crippen LogP contribution in [-0.2, 0) is 71.5 Å². The molecule has 0 aliphatic carbocycles. The van der Waals surface area contributed by atoms with Gasteiger partial charge in [0, 0.05) is 45.6 Å². The summed E-state index contributed by atoms with van der Waals surface area (Å²) in [6.07, 6.45) is 8.24. The molecular formula is C50H84N6O19. The first-order valence-corrected chi connectivity index (χ1v) is 25.8. The van der Waals surface area contributed by atoms with Crippen LogP contribution in [0, 0.1) is 0 Å². The Morgan fingerprint density at radius 1 is 0.413 bits per heavy atom. The van der Waals surface area contributed by atoms with Crippen LogP contribution >= 0.6 is 0 Å². The van der Waals surface area contributed by atoms with Gasteiger partial charge in [0.2, 0.25) is 35.4 Å². The van der Waals surface area contributed by atoms with Crippen molar-refractivity contribution in [3.05, 3.63) is 29.8 Å². The van der Waals surface area contributed by atoms with E-state index in [1.165, 1.54) is 12.1 Å². The maximum absolute atomic E-state index is 12.4. The minimum absolute atomic E-state index is 0.0140. The molecule has 0 aliphatic heterocycles. The fourth-order valence-electron chi connectivity index (χ4n) is 6.24. The van der Waals surface area contributed by atoms with E-state index < -0.39 is 18.0 Å². The Hall–Kier alpha value is -5.54. The summed E-state index contributed by atoms with van der Waals surface area (Å²) in [5.41, 5.74) is 0.210. The quantitative estimate of drug-likeness (QED) is 0.0417. The van der Waals surface area contributed by atoms with Crippen molar-refractivity contribution in [2.24, 2.45) is 0 Å². The average molecular weight is 1070 g/mol. The zero-order valence-electron chi connectivity index (χ0n) is 43.8. The molecule has 0 aliphatic rings. The van der Waals surface area contributed by atoms with Crippen LogP contribution in [0.2, 0.25) is 0 Å². The van der Waals surface area contributed by atoms with Gasteiger partial charge in [-0.15, -0.1) is 0 Å². The predicted octanol–water partition coefficient (Wildman–Crippen LogP) is 0.748. The number of rotatable bonds is 52. The summed E-state index contributed by atoms with van der Waals surface area (Å²) >= 11 is 0. The van der Waals surface area contributed by atoms with Crippen LogP contribution in [0.5, 0.6) is 5.75 Å². The van der Waals surface area contributed by atoms with Crippen LogP contribution in [0.4, 0.5) is 0 Å². The molecule has 0 fully saturated rings. The van der Waals surface area contributed by atoms with Gasteiger partial charge >= 0.3 is 11.9 Å². The van der Waals surface area contributed by atoms with Gasteiger partial charge in [-0.3, -0.25) is 28.8 Å². The summed E-state index contributed by atoms with van der Waals surface area (Å²) in [4.78, 5) is 94.4. The SMILES string of the molecule is CCCCNC(=O)COCCOCCNC(=O)COCCOCCNC(=O)COCCOCCNC(=O)COCCOCCNC(=O)CCC(NC(=O)CCCCCCCCCOc1ccc(C(=O)O)cc1)C(=O)O. The van der Waals surface area contributed by atoms with E-state index in [-0.39, 0.29) is 172 Å². The molecule has 0 spiro atoms. The monoisotopic (exact) mass is 1070 g/mol. The molecule has 0 saturated carbocycles. The second-order valence-electron chi connectivity index (χ2n) is 16.7. The number of aliphatic carboxylic acids is 1. The highest BCUT2D eigenvalue weighted by molar-refractivity contribution is 5.87. The molecule has 0 radical (unpaired) electrons. The van der Waals surface area contributed by atoms with Crippen molar-refractivity contribution in [1.82, 2.24) is 31.9 Å². The summed E-state index contributed by atoms with van der Waals surface area (Å²) in [6, 6.07) is 5.10. The Morgan fingerprint density at radius 3 is 1.21 bits per heavy atom. The van der Waals surface area contributed by atoms with E-state index >= 15 is 0 Å². The molecule has 0 bridgehead atoms. The van der Waals surface area contributed by atoms with Crippen molar-refractivity contribution < 1.29 is 91.2 Å². The van der Waals surface area contributed by atoms with Crippen LogP contribution in [0.15, 0.2) is 24.3 Å². The second kappa shape index (κ2) is 48.1. The summed E-state index contributed by atoms with van der Waals surface area (Å²) in [7, 11) is 0. The number of carbonyl (C=O) groups is 8. The Morgan fingerprint density at radius 2 is 0.800 bits per heavy atom. The molecule has 1 aromatic rings. The number of hydrogen-bond donors (Lipinski definition) is 8. The lowest BCUT2D eigenvalue weighted by Crippen LogP contribution is -2.41. The van der Waals surface area contributed by atoms with Crippen molar-refractivity contribution in [2.45, 2.75) is 90.0 Å². The van der Waals surface area contributed by atoms with Gasteiger partial charge in [0.1, 0.15) is 38.2 Å². The number of benzene rings is 1. The summed E-state index contributed by atoms with van der Waals surface area (Å²) in [5.74, 6) is -3.44. The number of hydrogen-bond acceptors (Lipinski definition) is 17. The van der Waals surface area contributed by atoms with Crippen molar-refractivity contribution in [1.29, 1.82) is 0 Å². The topological polar surface area (TPSA) is 332 Å². The van der Waals surface area contributed by atoms with Gasteiger partial charge in [0.25, 0.3) is 0 Å². The van der Waals surface area contributed by atoms with E-state index in [9.17, 15) is 43.5 Å². The van der Waals surface area contributed by atoms with E-state index in [0.717, 1.165) is 51.4 Å². The fraction of sp³-hybridized carbons (Fsp3) is 0.720. The maximum atomic E-state index is 12.4. The van der Waals surface area contributed by atoms with Crippen LogP contribution in [0.1, 0.15) is 94.3 Å². The number of ether oxygens (including phenoxy) is 9. The van der Waals surface area contributed by atoms with Crippen molar-refractivity contribution in [3.63, 3.8) is 0 Å². The van der Waals surface area contributed by atoms with Gasteiger partial charge in [-0.2, -0.15) is 0 Å². The molecule has 1 unspecified atom stereocenters. The van der Waals surface area contributed by atoms with Crippen LogP contribution in [-0.4, -0.2) is 209 Å². The maximum Gasteiger partial charge on any atom is 0.335 e. The van der Waals surface area contributed by atoms with Gasteiger partial charge in [-0.25, -0.2) is 9.59 Å². The number of carbonyl (C=O) groups excluding carboxylic acids is 6. The number of unbranched alkanes of at least 4 members (excludes halogenated alkanes) is 7. The summed E-state index contributed by atoms with van der Waals surface area (Å²) in [6.45, 7) is 6.38. The molecule has 75 heavy (non-hydrogen) atoms. The van der Waals surface area contributed by atoms with Crippen molar-refractivity contribution in [3.8, 4) is 5.75 Å². The van der Waals surface area contributed by atoms with E-state index in [1.807, 2.05) is 6.92 Å². The molecule has 1 atom stereocenters. The van der Waals surface area contributed by atoms with Gasteiger partial charge in [-0.05, 0) is 49.9 Å². The molecule has 1 rings (SSSR count). The third-order valence-corrected chi connectivity index (χ3v) is 10.3.